The maximum absolute atomic E-state index is 5.68. The summed E-state index contributed by atoms with van der Waals surface area (Å²) >= 11 is 1.57. The van der Waals surface area contributed by atoms with Crippen LogP contribution in [0.25, 0.3) is 0 Å². The number of thiazole rings is 1. The lowest BCUT2D eigenvalue weighted by molar-refractivity contribution is 0.301. The maximum Gasteiger partial charge on any atom is 0.140 e. The topological polar surface area (TPSA) is 57.4 Å². The van der Waals surface area contributed by atoms with Crippen molar-refractivity contribution in [3.8, 4) is 11.5 Å². The van der Waals surface area contributed by atoms with Crippen molar-refractivity contribution in [1.82, 2.24) is 4.98 Å². The van der Waals surface area contributed by atoms with Crippen LogP contribution in [0.15, 0.2) is 29.8 Å². The molecule has 0 saturated heterocycles. The normalized spacial score (nSPS) is 10.2. The number of benzene rings is 1. The van der Waals surface area contributed by atoms with Crippen LogP contribution in [0.3, 0.4) is 0 Å². The van der Waals surface area contributed by atoms with E-state index in [0.717, 1.165) is 22.1 Å². The van der Waals surface area contributed by atoms with Gasteiger partial charge in [0.2, 0.25) is 0 Å². The van der Waals surface area contributed by atoms with Crippen molar-refractivity contribution >= 4 is 11.3 Å². The zero-order chi connectivity index (χ0) is 12.1. The molecule has 0 radical (unpaired) electrons. The van der Waals surface area contributed by atoms with Crippen molar-refractivity contribution in [2.45, 2.75) is 13.2 Å². The minimum Gasteiger partial charge on any atom is -0.497 e. The molecule has 0 fully saturated rings. The maximum atomic E-state index is 5.68. The van der Waals surface area contributed by atoms with E-state index in [1.165, 1.54) is 0 Å². The molecule has 1 aromatic heterocycles. The summed E-state index contributed by atoms with van der Waals surface area (Å²) in [5.41, 5.74) is 6.61. The molecule has 0 bridgehead atoms. The summed E-state index contributed by atoms with van der Waals surface area (Å²) in [5.74, 6) is 1.57. The van der Waals surface area contributed by atoms with Crippen LogP contribution in [0.2, 0.25) is 0 Å². The summed E-state index contributed by atoms with van der Waals surface area (Å²) in [7, 11) is 1.63. The molecule has 2 aromatic rings. The van der Waals surface area contributed by atoms with E-state index in [9.17, 15) is 0 Å². The highest BCUT2D eigenvalue weighted by molar-refractivity contribution is 7.09. The Balaban J connectivity index is 2.09. The van der Waals surface area contributed by atoms with Crippen LogP contribution in [-0.4, -0.2) is 12.1 Å². The van der Waals surface area contributed by atoms with E-state index >= 15 is 0 Å². The van der Waals surface area contributed by atoms with Crippen molar-refractivity contribution in [2.75, 3.05) is 7.11 Å². The van der Waals surface area contributed by atoms with Crippen LogP contribution in [0, 0.1) is 0 Å². The Morgan fingerprint density at radius 1 is 1.41 bits per heavy atom. The summed E-state index contributed by atoms with van der Waals surface area (Å²) in [5, 5.41) is 2.88. The zero-order valence-corrected chi connectivity index (χ0v) is 10.4. The third-order valence-electron chi connectivity index (χ3n) is 2.32. The lowest BCUT2D eigenvalue weighted by Crippen LogP contribution is -2.03. The van der Waals surface area contributed by atoms with Crippen LogP contribution >= 0.6 is 11.3 Å². The molecule has 0 unspecified atom stereocenters. The molecule has 1 aromatic carbocycles. The highest BCUT2D eigenvalue weighted by Crippen LogP contribution is 2.24. The third kappa shape index (κ3) is 2.95. The van der Waals surface area contributed by atoms with E-state index < -0.39 is 0 Å². The molecule has 0 aliphatic rings. The van der Waals surface area contributed by atoms with E-state index in [1.54, 1.807) is 24.6 Å². The second kappa shape index (κ2) is 5.65. The molecule has 2 N–H and O–H groups in total. The summed E-state index contributed by atoms with van der Waals surface area (Å²) in [6.45, 7) is 0.890. The largest absolute Gasteiger partial charge is 0.497 e. The molecule has 0 amide bonds. The van der Waals surface area contributed by atoms with Crippen molar-refractivity contribution in [1.29, 1.82) is 0 Å². The molecule has 0 atom stereocenters. The minimum absolute atomic E-state index is 0.421. The van der Waals surface area contributed by atoms with E-state index in [4.69, 9.17) is 15.2 Å². The highest BCUT2D eigenvalue weighted by Gasteiger charge is 2.05. The SMILES string of the molecule is COc1ccc(OCc2nccs2)c(CN)c1. The predicted molar refractivity (Wildman–Crippen MR) is 67.3 cm³/mol. The number of rotatable bonds is 5. The van der Waals surface area contributed by atoms with Gasteiger partial charge in [0.15, 0.2) is 0 Å². The lowest BCUT2D eigenvalue weighted by atomic mass is 10.2. The van der Waals surface area contributed by atoms with Gasteiger partial charge in [-0.05, 0) is 18.2 Å². The summed E-state index contributed by atoms with van der Waals surface area (Å²) in [6.07, 6.45) is 1.77. The second-order valence-corrected chi connectivity index (χ2v) is 4.37. The number of hydrogen-bond donors (Lipinski definition) is 1. The molecular formula is C12H14N2O2S. The Kier molecular flexibility index (Phi) is 3.95. The molecular weight excluding hydrogens is 236 g/mol. The monoisotopic (exact) mass is 250 g/mol. The van der Waals surface area contributed by atoms with Crippen LogP contribution in [0.4, 0.5) is 0 Å². The molecule has 4 nitrogen and oxygen atoms in total. The van der Waals surface area contributed by atoms with E-state index in [-0.39, 0.29) is 0 Å². The second-order valence-electron chi connectivity index (χ2n) is 3.39. The first-order chi connectivity index (χ1) is 8.33. The number of nitrogens with two attached hydrogens (primary N) is 1. The molecule has 17 heavy (non-hydrogen) atoms. The summed E-state index contributed by atoms with van der Waals surface area (Å²) in [6, 6.07) is 5.61. The van der Waals surface area contributed by atoms with Gasteiger partial charge < -0.3 is 15.2 Å². The molecule has 0 aliphatic carbocycles. The van der Waals surface area contributed by atoms with Gasteiger partial charge in [0, 0.05) is 23.7 Å². The van der Waals surface area contributed by atoms with Gasteiger partial charge in [0.25, 0.3) is 0 Å². The smallest absolute Gasteiger partial charge is 0.140 e. The number of hydrogen-bond acceptors (Lipinski definition) is 5. The number of ether oxygens (including phenoxy) is 2. The molecule has 0 spiro atoms. The van der Waals surface area contributed by atoms with Crippen molar-refractivity contribution < 1.29 is 9.47 Å². The Labute approximate surface area is 104 Å². The van der Waals surface area contributed by atoms with Crippen LogP contribution in [-0.2, 0) is 13.2 Å². The van der Waals surface area contributed by atoms with E-state index in [1.807, 2.05) is 23.6 Å². The summed E-state index contributed by atoms with van der Waals surface area (Å²) in [4.78, 5) is 4.16. The highest BCUT2D eigenvalue weighted by atomic mass is 32.1. The van der Waals surface area contributed by atoms with Crippen molar-refractivity contribution in [3.63, 3.8) is 0 Å². The van der Waals surface area contributed by atoms with Gasteiger partial charge in [-0.15, -0.1) is 11.3 Å². The van der Waals surface area contributed by atoms with Gasteiger partial charge in [0.1, 0.15) is 23.1 Å². The number of methoxy groups -OCH3 is 1. The number of aromatic nitrogens is 1. The van der Waals surface area contributed by atoms with Gasteiger partial charge >= 0.3 is 0 Å². The molecule has 90 valence electrons. The lowest BCUT2D eigenvalue weighted by Gasteiger charge is -2.10. The van der Waals surface area contributed by atoms with Crippen LogP contribution in [0.5, 0.6) is 11.5 Å². The fourth-order valence-corrected chi connectivity index (χ4v) is 1.97. The van der Waals surface area contributed by atoms with E-state index in [0.29, 0.717) is 13.2 Å². The molecule has 0 aliphatic heterocycles. The molecule has 5 heteroatoms. The Hall–Kier alpha value is -1.59. The van der Waals surface area contributed by atoms with Gasteiger partial charge in [0.05, 0.1) is 7.11 Å². The molecule has 0 saturated carbocycles. The molecule has 1 heterocycles. The predicted octanol–water partition coefficient (Wildman–Crippen LogP) is 2.19. The van der Waals surface area contributed by atoms with Gasteiger partial charge in [-0.1, -0.05) is 0 Å². The quantitative estimate of drug-likeness (QED) is 0.883. The Morgan fingerprint density at radius 3 is 2.94 bits per heavy atom. The van der Waals surface area contributed by atoms with Gasteiger partial charge in [-0.25, -0.2) is 4.98 Å². The van der Waals surface area contributed by atoms with E-state index in [2.05, 4.69) is 4.98 Å². The van der Waals surface area contributed by atoms with Crippen LogP contribution in [0.1, 0.15) is 10.6 Å². The fraction of sp³-hybridized carbons (Fsp3) is 0.250. The van der Waals surface area contributed by atoms with Gasteiger partial charge in [-0.2, -0.15) is 0 Å². The Morgan fingerprint density at radius 2 is 2.29 bits per heavy atom. The van der Waals surface area contributed by atoms with Crippen molar-refractivity contribution in [2.24, 2.45) is 5.73 Å². The van der Waals surface area contributed by atoms with Crippen LogP contribution < -0.4 is 15.2 Å². The first kappa shape index (κ1) is 11.9. The first-order valence-electron chi connectivity index (χ1n) is 5.21. The first-order valence-corrected chi connectivity index (χ1v) is 6.09. The number of nitrogens with zero attached hydrogens (tertiary/aromatic N) is 1. The standard InChI is InChI=1S/C12H14N2O2S/c1-15-10-2-3-11(9(6-10)7-13)16-8-12-14-4-5-17-12/h2-6H,7-8,13H2,1H3. The Bertz CT molecular complexity index is 471. The third-order valence-corrected chi connectivity index (χ3v) is 3.08. The van der Waals surface area contributed by atoms with Crippen molar-refractivity contribution in [3.05, 3.63) is 40.3 Å². The molecule has 2 rings (SSSR count). The zero-order valence-electron chi connectivity index (χ0n) is 9.55. The average molecular weight is 250 g/mol. The van der Waals surface area contributed by atoms with Gasteiger partial charge in [-0.3, -0.25) is 0 Å². The average Bonchev–Trinajstić information content (AvgIpc) is 2.89. The fourth-order valence-electron chi connectivity index (χ4n) is 1.45. The minimum atomic E-state index is 0.421. The summed E-state index contributed by atoms with van der Waals surface area (Å²) < 4.78 is 10.8.